The number of amidine groups is 1. The van der Waals surface area contributed by atoms with Gasteiger partial charge in [-0.05, 0) is 38.5 Å². The van der Waals surface area contributed by atoms with Crippen LogP contribution in [0.3, 0.4) is 0 Å². The molecule has 0 bridgehead atoms. The number of carbonyl (C=O) groups is 1. The summed E-state index contributed by atoms with van der Waals surface area (Å²) in [7, 11) is 0. The predicted octanol–water partition coefficient (Wildman–Crippen LogP) is 1.96. The molecule has 8 nitrogen and oxygen atoms in total. The number of ether oxygens (including phenoxy) is 1. The number of amides is 1. The Bertz CT molecular complexity index is 806. The molecule has 31 heavy (non-hydrogen) atoms. The van der Waals surface area contributed by atoms with Crippen molar-refractivity contribution >= 4 is 18.5 Å². The molecule has 3 fully saturated rings. The number of aliphatic imine (C=N–C) groups is 2. The van der Waals surface area contributed by atoms with E-state index in [0.29, 0.717) is 24.1 Å². The highest BCUT2D eigenvalue weighted by Gasteiger charge is 2.37. The van der Waals surface area contributed by atoms with E-state index in [4.69, 9.17) is 9.73 Å². The molecular formula is C23H32N6O2. The zero-order valence-electron chi connectivity index (χ0n) is 18.2. The Balaban J connectivity index is 1.48. The van der Waals surface area contributed by atoms with Gasteiger partial charge < -0.3 is 4.74 Å². The molecule has 2 saturated heterocycles. The second kappa shape index (κ2) is 10.3. The van der Waals surface area contributed by atoms with E-state index in [-0.39, 0.29) is 17.5 Å². The van der Waals surface area contributed by atoms with Crippen molar-refractivity contribution in [2.45, 2.75) is 50.6 Å². The van der Waals surface area contributed by atoms with Crippen LogP contribution < -0.4 is 0 Å². The van der Waals surface area contributed by atoms with Crippen LogP contribution in [0.15, 0.2) is 33.4 Å². The summed E-state index contributed by atoms with van der Waals surface area (Å²) in [4.78, 5) is 28.5. The van der Waals surface area contributed by atoms with Gasteiger partial charge in [0, 0.05) is 50.0 Å². The lowest BCUT2D eigenvalue weighted by molar-refractivity contribution is -0.124. The zero-order chi connectivity index (χ0) is 21.6. The molecule has 0 aromatic carbocycles. The molecule has 166 valence electrons. The number of hydrogen-bond donors (Lipinski definition) is 0. The fourth-order valence-electron chi connectivity index (χ4n) is 5.12. The molecule has 0 aromatic rings. The average molecular weight is 425 g/mol. The van der Waals surface area contributed by atoms with E-state index < -0.39 is 0 Å². The molecular weight excluding hydrogens is 392 g/mol. The SMILES string of the molecule is C=N/C=C1/C=C(C#N)C(=O)N(C2CCCC2)/C1=N/CN1CCC(N2CCOCC2)CC1. The van der Waals surface area contributed by atoms with Crippen molar-refractivity contribution in [2.24, 2.45) is 9.98 Å². The molecule has 0 spiro atoms. The summed E-state index contributed by atoms with van der Waals surface area (Å²) in [5, 5.41) is 9.46. The van der Waals surface area contributed by atoms with Crippen LogP contribution in [-0.4, -0.2) is 91.3 Å². The molecule has 1 saturated carbocycles. The van der Waals surface area contributed by atoms with Crippen LogP contribution in [0.5, 0.6) is 0 Å². The third-order valence-corrected chi connectivity index (χ3v) is 6.82. The quantitative estimate of drug-likeness (QED) is 0.630. The van der Waals surface area contributed by atoms with Gasteiger partial charge in [-0.25, -0.2) is 0 Å². The molecule has 8 heteroatoms. The molecule has 1 aliphatic carbocycles. The number of morpholine rings is 1. The number of carbonyl (C=O) groups excluding carboxylic acids is 1. The minimum Gasteiger partial charge on any atom is -0.379 e. The number of likely N-dealkylation sites (tertiary alicyclic amines) is 1. The van der Waals surface area contributed by atoms with E-state index in [9.17, 15) is 10.1 Å². The van der Waals surface area contributed by atoms with Gasteiger partial charge in [-0.2, -0.15) is 5.26 Å². The Morgan fingerprint density at radius 2 is 1.84 bits per heavy atom. The zero-order valence-corrected chi connectivity index (χ0v) is 18.2. The number of piperidine rings is 1. The van der Waals surface area contributed by atoms with E-state index in [1.54, 1.807) is 17.2 Å². The van der Waals surface area contributed by atoms with Crippen molar-refractivity contribution < 1.29 is 9.53 Å². The molecule has 0 radical (unpaired) electrons. The van der Waals surface area contributed by atoms with E-state index in [2.05, 4.69) is 21.5 Å². The molecule has 1 amide bonds. The molecule has 3 heterocycles. The first-order chi connectivity index (χ1) is 15.2. The first-order valence-corrected chi connectivity index (χ1v) is 11.4. The van der Waals surface area contributed by atoms with Gasteiger partial charge in [-0.1, -0.05) is 12.8 Å². The van der Waals surface area contributed by atoms with Gasteiger partial charge in [0.05, 0.1) is 19.9 Å². The van der Waals surface area contributed by atoms with E-state index in [0.717, 1.165) is 77.9 Å². The van der Waals surface area contributed by atoms with Crippen molar-refractivity contribution in [1.29, 1.82) is 5.26 Å². The van der Waals surface area contributed by atoms with Crippen LogP contribution >= 0.6 is 0 Å². The third kappa shape index (κ3) is 4.95. The molecule has 0 unspecified atom stereocenters. The second-order valence-electron chi connectivity index (χ2n) is 8.67. The van der Waals surface area contributed by atoms with E-state index in [1.165, 1.54) is 0 Å². The average Bonchev–Trinajstić information content (AvgIpc) is 3.34. The van der Waals surface area contributed by atoms with Crippen LogP contribution in [0.25, 0.3) is 0 Å². The lowest BCUT2D eigenvalue weighted by Crippen LogP contribution is -2.49. The normalized spacial score (nSPS) is 27.6. The standard InChI is InChI=1S/C23H32N6O2/c1-25-16-19-14-18(15-24)23(30)29(21-4-2-3-5-21)22(19)26-17-27-8-6-20(7-9-27)28-10-12-31-13-11-28/h14,16,20-21H,1-13,17H2/b19-16-,26-22+. The van der Waals surface area contributed by atoms with Gasteiger partial charge in [0.1, 0.15) is 17.5 Å². The summed E-state index contributed by atoms with van der Waals surface area (Å²) in [6, 6.07) is 2.77. The fraction of sp³-hybridized carbons (Fsp3) is 0.652. The maximum absolute atomic E-state index is 13.0. The lowest BCUT2D eigenvalue weighted by Gasteiger charge is -2.40. The minimum atomic E-state index is -0.236. The van der Waals surface area contributed by atoms with Crippen molar-refractivity contribution in [3.63, 3.8) is 0 Å². The largest absolute Gasteiger partial charge is 0.379 e. The maximum Gasteiger partial charge on any atom is 0.270 e. The molecule has 0 aromatic heterocycles. The van der Waals surface area contributed by atoms with Gasteiger partial charge in [0.25, 0.3) is 5.91 Å². The summed E-state index contributed by atoms with van der Waals surface area (Å²) in [6.45, 7) is 9.83. The fourth-order valence-corrected chi connectivity index (χ4v) is 5.12. The highest BCUT2D eigenvalue weighted by Crippen LogP contribution is 2.30. The Labute approximate surface area is 184 Å². The number of rotatable bonds is 5. The summed E-state index contributed by atoms with van der Waals surface area (Å²) < 4.78 is 5.48. The number of hydrogen-bond acceptors (Lipinski definition) is 7. The topological polar surface area (TPSA) is 84.5 Å². The Kier molecular flexibility index (Phi) is 7.28. The van der Waals surface area contributed by atoms with Gasteiger partial charge in [-0.15, -0.1) is 0 Å². The van der Waals surface area contributed by atoms with Crippen LogP contribution in [0.4, 0.5) is 0 Å². The number of nitrogens with zero attached hydrogens (tertiary/aromatic N) is 6. The van der Waals surface area contributed by atoms with Gasteiger partial charge >= 0.3 is 0 Å². The summed E-state index contributed by atoms with van der Waals surface area (Å²) in [6.07, 6.45) is 9.56. The van der Waals surface area contributed by atoms with Gasteiger partial charge in [0.2, 0.25) is 0 Å². The Morgan fingerprint density at radius 3 is 2.48 bits per heavy atom. The predicted molar refractivity (Wildman–Crippen MR) is 120 cm³/mol. The molecule has 4 aliphatic rings. The highest BCUT2D eigenvalue weighted by atomic mass is 16.5. The number of nitriles is 1. The van der Waals surface area contributed by atoms with Gasteiger partial charge in [0.15, 0.2) is 0 Å². The second-order valence-corrected chi connectivity index (χ2v) is 8.67. The van der Waals surface area contributed by atoms with Crippen molar-refractivity contribution in [1.82, 2.24) is 14.7 Å². The third-order valence-electron chi connectivity index (χ3n) is 6.82. The van der Waals surface area contributed by atoms with E-state index >= 15 is 0 Å². The van der Waals surface area contributed by atoms with Crippen molar-refractivity contribution in [2.75, 3.05) is 46.1 Å². The molecule has 0 atom stereocenters. The van der Waals surface area contributed by atoms with Crippen LogP contribution in [-0.2, 0) is 9.53 Å². The first-order valence-electron chi connectivity index (χ1n) is 11.4. The summed E-state index contributed by atoms with van der Waals surface area (Å²) >= 11 is 0. The van der Waals surface area contributed by atoms with Crippen LogP contribution in [0.1, 0.15) is 38.5 Å². The smallest absolute Gasteiger partial charge is 0.270 e. The first kappa shape index (κ1) is 21.9. The van der Waals surface area contributed by atoms with Crippen LogP contribution in [0.2, 0.25) is 0 Å². The summed E-state index contributed by atoms with van der Waals surface area (Å²) in [5.74, 6) is 0.402. The van der Waals surface area contributed by atoms with Crippen molar-refractivity contribution in [3.8, 4) is 6.07 Å². The summed E-state index contributed by atoms with van der Waals surface area (Å²) in [5.41, 5.74) is 0.841. The van der Waals surface area contributed by atoms with Crippen LogP contribution in [0, 0.1) is 11.3 Å². The maximum atomic E-state index is 13.0. The molecule has 4 rings (SSSR count). The minimum absolute atomic E-state index is 0.101. The molecule has 3 aliphatic heterocycles. The monoisotopic (exact) mass is 424 g/mol. The molecule has 0 N–H and O–H groups in total. The van der Waals surface area contributed by atoms with E-state index in [1.807, 2.05) is 6.07 Å². The lowest BCUT2D eigenvalue weighted by atomic mass is 10.0. The van der Waals surface area contributed by atoms with Gasteiger partial charge in [-0.3, -0.25) is 29.5 Å². The Hall–Kier alpha value is -2.34. The Morgan fingerprint density at radius 1 is 1.13 bits per heavy atom. The van der Waals surface area contributed by atoms with Crippen molar-refractivity contribution in [3.05, 3.63) is 23.4 Å². The highest BCUT2D eigenvalue weighted by molar-refractivity contribution is 6.19.